The van der Waals surface area contributed by atoms with E-state index < -0.39 is 0 Å². The molecule has 1 saturated carbocycles. The van der Waals surface area contributed by atoms with Gasteiger partial charge in [-0.1, -0.05) is 47.0 Å². The number of nitrogens with two attached hydrogens (primary N) is 1. The molecule has 0 heterocycles. The Morgan fingerprint density at radius 3 is 1.89 bits per heavy atom. The highest BCUT2D eigenvalue weighted by atomic mass is 15.1. The first-order valence-corrected chi connectivity index (χ1v) is 7.92. The first-order chi connectivity index (χ1) is 8.41. The van der Waals surface area contributed by atoms with Gasteiger partial charge in [-0.2, -0.15) is 0 Å². The molecule has 0 aromatic heterocycles. The third-order valence-corrected chi connectivity index (χ3v) is 4.02. The zero-order valence-corrected chi connectivity index (χ0v) is 13.0. The van der Waals surface area contributed by atoms with Crippen LogP contribution in [0.25, 0.3) is 0 Å². The van der Waals surface area contributed by atoms with E-state index in [2.05, 4.69) is 32.6 Å². The molecule has 0 unspecified atom stereocenters. The molecule has 0 aromatic carbocycles. The van der Waals surface area contributed by atoms with Gasteiger partial charge in [0.2, 0.25) is 0 Å². The zero-order valence-electron chi connectivity index (χ0n) is 13.0. The molecule has 0 aliphatic heterocycles. The lowest BCUT2D eigenvalue weighted by molar-refractivity contribution is 0.179. The largest absolute Gasteiger partial charge is 0.325 e. The predicted molar refractivity (Wildman–Crippen MR) is 80.7 cm³/mol. The first kappa shape index (κ1) is 16.0. The Bertz CT molecular complexity index is 207. The van der Waals surface area contributed by atoms with Crippen molar-refractivity contribution in [3.8, 4) is 0 Å². The van der Waals surface area contributed by atoms with Gasteiger partial charge in [-0.05, 0) is 37.6 Å². The van der Waals surface area contributed by atoms with E-state index in [9.17, 15) is 0 Å². The molecule has 0 saturated heterocycles. The average molecular weight is 254 g/mol. The molecule has 0 spiro atoms. The minimum Gasteiger partial charge on any atom is -0.325 e. The van der Waals surface area contributed by atoms with Crippen molar-refractivity contribution < 1.29 is 0 Å². The number of hydrogen-bond donors (Lipinski definition) is 1. The van der Waals surface area contributed by atoms with Crippen molar-refractivity contribution in [1.29, 1.82) is 0 Å². The Hall–Kier alpha value is -0.0800. The van der Waals surface area contributed by atoms with Gasteiger partial charge in [0.15, 0.2) is 0 Å². The van der Waals surface area contributed by atoms with Gasteiger partial charge < -0.3 is 10.6 Å². The van der Waals surface area contributed by atoms with Crippen LogP contribution in [0.5, 0.6) is 0 Å². The Kier molecular flexibility index (Phi) is 6.65. The molecule has 2 nitrogen and oxygen atoms in total. The van der Waals surface area contributed by atoms with E-state index in [1.165, 1.54) is 58.2 Å². The molecule has 1 rings (SSSR count). The second-order valence-electron chi connectivity index (χ2n) is 7.22. The van der Waals surface area contributed by atoms with E-state index in [1.54, 1.807) is 0 Å². The molecular formula is C16H34N2. The summed E-state index contributed by atoms with van der Waals surface area (Å²) in [5.41, 5.74) is 6.69. The molecule has 108 valence electrons. The van der Waals surface area contributed by atoms with Crippen LogP contribution in [0, 0.1) is 11.8 Å². The summed E-state index contributed by atoms with van der Waals surface area (Å²) in [5.74, 6) is 1.51. The molecule has 1 aliphatic carbocycles. The van der Waals surface area contributed by atoms with Gasteiger partial charge in [0.1, 0.15) is 0 Å². The van der Waals surface area contributed by atoms with Crippen LogP contribution in [0.3, 0.4) is 0 Å². The number of hydrogen-bond acceptors (Lipinski definition) is 2. The molecule has 0 bridgehead atoms. The summed E-state index contributed by atoms with van der Waals surface area (Å²) in [6.07, 6.45) is 7.73. The van der Waals surface area contributed by atoms with Crippen molar-refractivity contribution in [2.75, 3.05) is 19.6 Å². The van der Waals surface area contributed by atoms with E-state index in [4.69, 9.17) is 5.73 Å². The smallest absolute Gasteiger partial charge is 0.0166 e. The van der Waals surface area contributed by atoms with Crippen molar-refractivity contribution in [3.63, 3.8) is 0 Å². The molecule has 2 N–H and O–H groups in total. The lowest BCUT2D eigenvalue weighted by Crippen LogP contribution is -2.45. The summed E-state index contributed by atoms with van der Waals surface area (Å²) in [6, 6.07) is 0. The molecule has 1 aliphatic rings. The molecule has 1 fully saturated rings. The highest BCUT2D eigenvalue weighted by Gasteiger charge is 2.27. The summed E-state index contributed by atoms with van der Waals surface area (Å²) in [5, 5.41) is 0. The van der Waals surface area contributed by atoms with E-state index >= 15 is 0 Å². The number of nitrogens with zero attached hydrogens (tertiary/aromatic N) is 1. The molecular weight excluding hydrogens is 220 g/mol. The van der Waals surface area contributed by atoms with Crippen molar-refractivity contribution >= 4 is 0 Å². The summed E-state index contributed by atoms with van der Waals surface area (Å²) in [6.45, 7) is 12.9. The normalized spacial score (nSPS) is 20.0. The zero-order chi connectivity index (χ0) is 13.6. The van der Waals surface area contributed by atoms with Gasteiger partial charge in [0.25, 0.3) is 0 Å². The van der Waals surface area contributed by atoms with Crippen molar-refractivity contribution in [3.05, 3.63) is 0 Å². The molecule has 0 amide bonds. The first-order valence-electron chi connectivity index (χ1n) is 7.92. The highest BCUT2D eigenvalue weighted by molar-refractivity contribution is 4.88. The molecule has 18 heavy (non-hydrogen) atoms. The second kappa shape index (κ2) is 7.49. The van der Waals surface area contributed by atoms with E-state index in [0.29, 0.717) is 0 Å². The summed E-state index contributed by atoms with van der Waals surface area (Å²) in [7, 11) is 0. The van der Waals surface area contributed by atoms with E-state index in [1.807, 2.05) is 0 Å². The van der Waals surface area contributed by atoms with Crippen LogP contribution in [0.2, 0.25) is 0 Å². The fourth-order valence-corrected chi connectivity index (χ4v) is 3.18. The van der Waals surface area contributed by atoms with Crippen LogP contribution in [0.4, 0.5) is 0 Å². The third kappa shape index (κ3) is 6.19. The molecule has 0 atom stereocenters. The van der Waals surface area contributed by atoms with E-state index in [0.717, 1.165) is 11.8 Å². The maximum Gasteiger partial charge on any atom is 0.0166 e. The lowest BCUT2D eigenvalue weighted by atomic mass is 9.80. The standard InChI is InChI=1S/C16H34N2/c1-14(2)12-18(13-15(3)4)11-10-16(17)8-6-5-7-9-16/h14-15H,5-13,17H2,1-4H3. The average Bonchev–Trinajstić information content (AvgIpc) is 2.26. The quantitative estimate of drug-likeness (QED) is 0.751. The minimum absolute atomic E-state index is 0.143. The van der Waals surface area contributed by atoms with Crippen molar-refractivity contribution in [1.82, 2.24) is 4.90 Å². The van der Waals surface area contributed by atoms with Gasteiger partial charge in [-0.3, -0.25) is 0 Å². The van der Waals surface area contributed by atoms with Crippen LogP contribution in [0.15, 0.2) is 0 Å². The molecule has 2 heteroatoms. The monoisotopic (exact) mass is 254 g/mol. The SMILES string of the molecule is CC(C)CN(CCC1(N)CCCCC1)CC(C)C. The molecule has 0 radical (unpaired) electrons. The highest BCUT2D eigenvalue weighted by Crippen LogP contribution is 2.28. The molecule has 0 aromatic rings. The van der Waals surface area contributed by atoms with Gasteiger partial charge in [0, 0.05) is 18.6 Å². The Balaban J connectivity index is 2.39. The van der Waals surface area contributed by atoms with Gasteiger partial charge >= 0.3 is 0 Å². The van der Waals surface area contributed by atoms with Crippen molar-refractivity contribution in [2.45, 2.75) is 71.8 Å². The summed E-state index contributed by atoms with van der Waals surface area (Å²) >= 11 is 0. The maximum atomic E-state index is 6.54. The summed E-state index contributed by atoms with van der Waals surface area (Å²) in [4.78, 5) is 2.62. The minimum atomic E-state index is 0.143. The van der Waals surface area contributed by atoms with E-state index in [-0.39, 0.29) is 5.54 Å². The Morgan fingerprint density at radius 1 is 0.944 bits per heavy atom. The second-order valence-corrected chi connectivity index (χ2v) is 7.22. The Labute approximate surface area is 114 Å². The van der Waals surface area contributed by atoms with Gasteiger partial charge in [-0.15, -0.1) is 0 Å². The summed E-state index contributed by atoms with van der Waals surface area (Å²) < 4.78 is 0. The van der Waals surface area contributed by atoms with Crippen LogP contribution < -0.4 is 5.73 Å². The predicted octanol–water partition coefficient (Wildman–Crippen LogP) is 3.65. The van der Waals surface area contributed by atoms with Gasteiger partial charge in [-0.25, -0.2) is 0 Å². The lowest BCUT2D eigenvalue weighted by Gasteiger charge is -2.36. The fraction of sp³-hybridized carbons (Fsp3) is 1.00. The van der Waals surface area contributed by atoms with Crippen LogP contribution in [-0.2, 0) is 0 Å². The van der Waals surface area contributed by atoms with Crippen molar-refractivity contribution in [2.24, 2.45) is 17.6 Å². The number of rotatable bonds is 7. The third-order valence-electron chi connectivity index (χ3n) is 4.02. The van der Waals surface area contributed by atoms with Crippen LogP contribution >= 0.6 is 0 Å². The fourth-order valence-electron chi connectivity index (χ4n) is 3.18. The van der Waals surface area contributed by atoms with Gasteiger partial charge in [0.05, 0.1) is 0 Å². The van der Waals surface area contributed by atoms with Crippen LogP contribution in [0.1, 0.15) is 66.2 Å². The Morgan fingerprint density at radius 2 is 1.44 bits per heavy atom. The topological polar surface area (TPSA) is 29.3 Å². The maximum absolute atomic E-state index is 6.54. The van der Waals surface area contributed by atoms with Crippen LogP contribution in [-0.4, -0.2) is 30.1 Å².